The Morgan fingerprint density at radius 1 is 0.931 bits per heavy atom. The summed E-state index contributed by atoms with van der Waals surface area (Å²) in [6, 6.07) is 18.6. The molecule has 1 fully saturated rings. The Bertz CT molecular complexity index is 1120. The van der Waals surface area contributed by atoms with Crippen molar-refractivity contribution in [3.05, 3.63) is 65.7 Å². The molecule has 0 unspecified atom stereocenters. The summed E-state index contributed by atoms with van der Waals surface area (Å²) in [6.45, 7) is 4.56. The standard InChI is InChI=1S/C22H23ClN2O3S/c1-2-28-20-11-4-3-10-19(20)24-13-15-25(16-14-24)29(26,27)21-12-6-8-17-7-5-9-18(23)22(17)21/h3-12H,2,13-16H2,1H3. The SMILES string of the molecule is CCOc1ccccc1N1CCN(S(=O)(=O)c2cccc3cccc(Cl)c23)CC1. The molecule has 0 bridgehead atoms. The second-order valence-electron chi connectivity index (χ2n) is 6.89. The molecule has 1 heterocycles. The third kappa shape index (κ3) is 3.80. The first-order chi connectivity index (χ1) is 14.0. The van der Waals surface area contributed by atoms with E-state index in [0.717, 1.165) is 16.8 Å². The maximum Gasteiger partial charge on any atom is 0.243 e. The number of ether oxygens (including phenoxy) is 1. The average molecular weight is 431 g/mol. The summed E-state index contributed by atoms with van der Waals surface area (Å²) in [5.41, 5.74) is 1.000. The quantitative estimate of drug-likeness (QED) is 0.601. The molecule has 7 heteroatoms. The Morgan fingerprint density at radius 2 is 1.62 bits per heavy atom. The van der Waals surface area contributed by atoms with Crippen molar-refractivity contribution in [3.63, 3.8) is 0 Å². The normalized spacial score (nSPS) is 15.6. The van der Waals surface area contributed by atoms with E-state index >= 15 is 0 Å². The molecule has 1 aliphatic rings. The minimum absolute atomic E-state index is 0.267. The first-order valence-corrected chi connectivity index (χ1v) is 11.5. The lowest BCUT2D eigenvalue weighted by molar-refractivity contribution is 0.337. The largest absolute Gasteiger partial charge is 0.492 e. The lowest BCUT2D eigenvalue weighted by Gasteiger charge is -2.36. The first kappa shape index (κ1) is 20.0. The van der Waals surface area contributed by atoms with Crippen LogP contribution in [-0.4, -0.2) is 45.5 Å². The second kappa shape index (κ2) is 8.22. The molecule has 0 amide bonds. The van der Waals surface area contributed by atoms with Crippen LogP contribution in [0.2, 0.25) is 5.02 Å². The molecule has 0 spiro atoms. The zero-order chi connectivity index (χ0) is 20.4. The predicted octanol–water partition coefficient (Wildman–Crippen LogP) is 4.40. The minimum Gasteiger partial charge on any atom is -0.492 e. The van der Waals surface area contributed by atoms with Gasteiger partial charge in [0.25, 0.3) is 0 Å². The summed E-state index contributed by atoms with van der Waals surface area (Å²) in [6.07, 6.45) is 0. The number of piperazine rings is 1. The van der Waals surface area contributed by atoms with Crippen LogP contribution in [0.25, 0.3) is 10.8 Å². The topological polar surface area (TPSA) is 49.9 Å². The lowest BCUT2D eigenvalue weighted by Crippen LogP contribution is -2.48. The van der Waals surface area contributed by atoms with E-state index in [2.05, 4.69) is 4.90 Å². The average Bonchev–Trinajstić information content (AvgIpc) is 2.74. The van der Waals surface area contributed by atoms with Crippen LogP contribution in [-0.2, 0) is 10.0 Å². The van der Waals surface area contributed by atoms with Gasteiger partial charge in [-0.1, -0.05) is 48.0 Å². The molecule has 3 aromatic rings. The van der Waals surface area contributed by atoms with E-state index < -0.39 is 10.0 Å². The zero-order valence-electron chi connectivity index (χ0n) is 16.2. The molecular formula is C22H23ClN2O3S. The van der Waals surface area contributed by atoms with Crippen molar-refractivity contribution in [2.75, 3.05) is 37.7 Å². The van der Waals surface area contributed by atoms with Crippen molar-refractivity contribution in [1.82, 2.24) is 4.31 Å². The third-order valence-corrected chi connectivity index (χ3v) is 7.43. The fraction of sp³-hybridized carbons (Fsp3) is 0.273. The van der Waals surface area contributed by atoms with Crippen molar-refractivity contribution in [2.45, 2.75) is 11.8 Å². The maximum absolute atomic E-state index is 13.4. The summed E-state index contributed by atoms with van der Waals surface area (Å²) < 4.78 is 34.1. The highest BCUT2D eigenvalue weighted by molar-refractivity contribution is 7.89. The number of anilines is 1. The molecule has 0 aromatic heterocycles. The smallest absolute Gasteiger partial charge is 0.243 e. The Hall–Kier alpha value is -2.28. The van der Waals surface area contributed by atoms with Gasteiger partial charge < -0.3 is 9.64 Å². The summed E-state index contributed by atoms with van der Waals surface area (Å²) in [4.78, 5) is 2.44. The number of sulfonamides is 1. The van der Waals surface area contributed by atoms with Gasteiger partial charge in [0.05, 0.1) is 17.2 Å². The fourth-order valence-corrected chi connectivity index (χ4v) is 5.78. The van der Waals surface area contributed by atoms with Crippen LogP contribution in [0, 0.1) is 0 Å². The zero-order valence-corrected chi connectivity index (χ0v) is 17.8. The minimum atomic E-state index is -3.65. The highest BCUT2D eigenvalue weighted by Crippen LogP contribution is 2.33. The van der Waals surface area contributed by atoms with Crippen LogP contribution in [0.1, 0.15) is 6.92 Å². The highest BCUT2D eigenvalue weighted by Gasteiger charge is 2.31. The Kier molecular flexibility index (Phi) is 5.67. The molecular weight excluding hydrogens is 408 g/mol. The van der Waals surface area contributed by atoms with Crippen LogP contribution in [0.3, 0.4) is 0 Å². The number of hydrogen-bond acceptors (Lipinski definition) is 4. The van der Waals surface area contributed by atoms with Gasteiger partial charge in [0, 0.05) is 36.6 Å². The highest BCUT2D eigenvalue weighted by atomic mass is 35.5. The molecule has 0 aliphatic carbocycles. The summed E-state index contributed by atoms with van der Waals surface area (Å²) in [5.74, 6) is 0.826. The van der Waals surface area contributed by atoms with Gasteiger partial charge >= 0.3 is 0 Å². The van der Waals surface area contributed by atoms with Gasteiger partial charge in [-0.3, -0.25) is 0 Å². The second-order valence-corrected chi connectivity index (χ2v) is 9.20. The number of fused-ring (bicyclic) bond motifs is 1. The van der Waals surface area contributed by atoms with Gasteiger partial charge in [-0.15, -0.1) is 0 Å². The molecule has 4 rings (SSSR count). The number of halogens is 1. The van der Waals surface area contributed by atoms with E-state index in [0.29, 0.717) is 43.2 Å². The van der Waals surface area contributed by atoms with Crippen LogP contribution < -0.4 is 9.64 Å². The van der Waals surface area contributed by atoms with Crippen molar-refractivity contribution >= 4 is 38.1 Å². The summed E-state index contributed by atoms with van der Waals surface area (Å²) in [7, 11) is -3.65. The van der Waals surface area contributed by atoms with E-state index in [-0.39, 0.29) is 4.90 Å². The maximum atomic E-state index is 13.4. The van der Waals surface area contributed by atoms with Gasteiger partial charge in [0.15, 0.2) is 0 Å². The van der Waals surface area contributed by atoms with Crippen molar-refractivity contribution in [3.8, 4) is 5.75 Å². The van der Waals surface area contributed by atoms with Gasteiger partial charge in [-0.05, 0) is 36.6 Å². The Morgan fingerprint density at radius 3 is 2.34 bits per heavy atom. The third-order valence-electron chi connectivity index (χ3n) is 5.18. The van der Waals surface area contributed by atoms with Crippen molar-refractivity contribution < 1.29 is 13.2 Å². The number of hydrogen-bond donors (Lipinski definition) is 0. The van der Waals surface area contributed by atoms with Gasteiger partial charge in [-0.25, -0.2) is 8.42 Å². The first-order valence-electron chi connectivity index (χ1n) is 9.66. The summed E-state index contributed by atoms with van der Waals surface area (Å²) >= 11 is 6.35. The monoisotopic (exact) mass is 430 g/mol. The molecule has 1 saturated heterocycles. The van der Waals surface area contributed by atoms with Crippen LogP contribution >= 0.6 is 11.6 Å². The predicted molar refractivity (Wildman–Crippen MR) is 118 cm³/mol. The van der Waals surface area contributed by atoms with E-state index in [9.17, 15) is 8.42 Å². The number of rotatable bonds is 5. The van der Waals surface area contributed by atoms with Crippen LogP contribution in [0.15, 0.2) is 65.6 Å². The summed E-state index contributed by atoms with van der Waals surface area (Å²) in [5, 5.41) is 1.86. The molecule has 5 nitrogen and oxygen atoms in total. The van der Waals surface area contributed by atoms with Gasteiger partial charge in [0.1, 0.15) is 5.75 Å². The molecule has 0 N–H and O–H groups in total. The Labute approximate surface area is 176 Å². The van der Waals surface area contributed by atoms with Crippen LogP contribution in [0.5, 0.6) is 5.75 Å². The molecule has 0 radical (unpaired) electrons. The molecule has 1 aliphatic heterocycles. The van der Waals surface area contributed by atoms with Crippen molar-refractivity contribution in [2.24, 2.45) is 0 Å². The molecule has 29 heavy (non-hydrogen) atoms. The molecule has 0 atom stereocenters. The van der Waals surface area contributed by atoms with Gasteiger partial charge in [0.2, 0.25) is 10.0 Å². The molecule has 3 aromatic carbocycles. The van der Waals surface area contributed by atoms with E-state index in [4.69, 9.17) is 16.3 Å². The van der Waals surface area contributed by atoms with E-state index in [1.807, 2.05) is 49.4 Å². The van der Waals surface area contributed by atoms with E-state index in [1.54, 1.807) is 22.5 Å². The Balaban J connectivity index is 1.59. The number of nitrogens with zero attached hydrogens (tertiary/aromatic N) is 2. The van der Waals surface area contributed by atoms with Gasteiger partial charge in [-0.2, -0.15) is 4.31 Å². The fourth-order valence-electron chi connectivity index (χ4n) is 3.78. The lowest BCUT2D eigenvalue weighted by atomic mass is 10.1. The van der Waals surface area contributed by atoms with E-state index in [1.165, 1.54) is 0 Å². The van der Waals surface area contributed by atoms with Crippen LogP contribution in [0.4, 0.5) is 5.69 Å². The number of para-hydroxylation sites is 2. The molecule has 0 saturated carbocycles. The number of benzene rings is 3. The molecule has 152 valence electrons. The van der Waals surface area contributed by atoms with Crippen molar-refractivity contribution in [1.29, 1.82) is 0 Å².